The van der Waals surface area contributed by atoms with Gasteiger partial charge in [0.25, 0.3) is 0 Å². The van der Waals surface area contributed by atoms with Gasteiger partial charge < -0.3 is 14.2 Å². The third-order valence-corrected chi connectivity index (χ3v) is 6.49. The fraction of sp³-hybridized carbons (Fsp3) is 0.381. The maximum Gasteiger partial charge on any atom is 0.338 e. The minimum atomic E-state index is -3.64. The maximum atomic E-state index is 12.9. The van der Waals surface area contributed by atoms with E-state index in [-0.39, 0.29) is 23.7 Å². The standard InChI is InChI=1S/C21H25NO6S/c1-15-12-22(13-16(2)28-15)29(24,25)20-10-6-18(7-11-20)21(23)27-14-17-4-8-19(26-3)9-5-17/h4-11,15-16H,12-14H2,1-3H3/t15-,16-/m1/s1. The summed E-state index contributed by atoms with van der Waals surface area (Å²) in [6.45, 7) is 4.42. The summed E-state index contributed by atoms with van der Waals surface area (Å²) < 4.78 is 43.1. The van der Waals surface area contributed by atoms with Crippen LogP contribution in [-0.4, -0.2) is 51.1 Å². The van der Waals surface area contributed by atoms with Crippen molar-refractivity contribution >= 4 is 16.0 Å². The van der Waals surface area contributed by atoms with Gasteiger partial charge in [-0.2, -0.15) is 4.31 Å². The van der Waals surface area contributed by atoms with Gasteiger partial charge in [-0.1, -0.05) is 12.1 Å². The fourth-order valence-corrected chi connectivity index (χ4v) is 4.78. The van der Waals surface area contributed by atoms with Gasteiger partial charge in [0.05, 0.1) is 29.8 Å². The van der Waals surface area contributed by atoms with Crippen LogP contribution in [0.2, 0.25) is 0 Å². The van der Waals surface area contributed by atoms with Gasteiger partial charge in [0, 0.05) is 13.1 Å². The van der Waals surface area contributed by atoms with Gasteiger partial charge >= 0.3 is 5.97 Å². The molecule has 8 heteroatoms. The monoisotopic (exact) mass is 419 g/mol. The second kappa shape index (κ2) is 8.94. The van der Waals surface area contributed by atoms with E-state index in [1.54, 1.807) is 19.2 Å². The molecule has 1 aliphatic heterocycles. The number of sulfonamides is 1. The molecule has 0 spiro atoms. The van der Waals surface area contributed by atoms with Crippen molar-refractivity contribution in [2.24, 2.45) is 0 Å². The molecule has 1 heterocycles. The predicted octanol–water partition coefficient (Wildman–Crippen LogP) is 2.85. The summed E-state index contributed by atoms with van der Waals surface area (Å²) in [6, 6.07) is 13.0. The van der Waals surface area contributed by atoms with E-state index in [1.165, 1.54) is 28.6 Å². The molecule has 7 nitrogen and oxygen atoms in total. The van der Waals surface area contributed by atoms with Crippen LogP contribution in [0.1, 0.15) is 29.8 Å². The van der Waals surface area contributed by atoms with Crippen molar-refractivity contribution < 1.29 is 27.4 Å². The number of benzene rings is 2. The van der Waals surface area contributed by atoms with Crippen LogP contribution in [0.15, 0.2) is 53.4 Å². The average molecular weight is 419 g/mol. The van der Waals surface area contributed by atoms with Gasteiger partial charge in [-0.3, -0.25) is 0 Å². The Labute approximate surface area is 171 Å². The number of ether oxygens (including phenoxy) is 3. The van der Waals surface area contributed by atoms with E-state index in [0.717, 1.165) is 11.3 Å². The summed E-state index contributed by atoms with van der Waals surface area (Å²) in [5, 5.41) is 0. The lowest BCUT2D eigenvalue weighted by molar-refractivity contribution is -0.0440. The first kappa shape index (κ1) is 21.3. The Hall–Kier alpha value is -2.42. The number of methoxy groups -OCH3 is 1. The number of hydrogen-bond donors (Lipinski definition) is 0. The van der Waals surface area contributed by atoms with Crippen molar-refractivity contribution in [2.45, 2.75) is 37.6 Å². The van der Waals surface area contributed by atoms with Gasteiger partial charge in [-0.15, -0.1) is 0 Å². The minimum Gasteiger partial charge on any atom is -0.497 e. The molecule has 1 saturated heterocycles. The molecule has 0 saturated carbocycles. The first-order chi connectivity index (χ1) is 13.8. The Kier molecular flexibility index (Phi) is 6.56. The Balaban J connectivity index is 1.64. The SMILES string of the molecule is COc1ccc(COC(=O)c2ccc(S(=O)(=O)N3C[C@@H](C)O[C@H](C)C3)cc2)cc1. The zero-order valence-electron chi connectivity index (χ0n) is 16.7. The molecular formula is C21H25NO6S. The van der Waals surface area contributed by atoms with Crippen molar-refractivity contribution in [3.63, 3.8) is 0 Å². The van der Waals surface area contributed by atoms with E-state index in [4.69, 9.17) is 14.2 Å². The normalized spacial score (nSPS) is 20.2. The third kappa shape index (κ3) is 5.14. The highest BCUT2D eigenvalue weighted by Crippen LogP contribution is 2.22. The largest absolute Gasteiger partial charge is 0.497 e. The topological polar surface area (TPSA) is 82.1 Å². The summed E-state index contributed by atoms with van der Waals surface area (Å²) in [6.07, 6.45) is -0.332. The Bertz CT molecular complexity index is 930. The van der Waals surface area contributed by atoms with Crippen molar-refractivity contribution in [2.75, 3.05) is 20.2 Å². The number of rotatable bonds is 6. The zero-order valence-corrected chi connectivity index (χ0v) is 17.5. The molecule has 0 aromatic heterocycles. The van der Waals surface area contributed by atoms with E-state index >= 15 is 0 Å². The van der Waals surface area contributed by atoms with Gasteiger partial charge in [0.15, 0.2) is 0 Å². The zero-order chi connectivity index (χ0) is 21.0. The summed E-state index contributed by atoms with van der Waals surface area (Å²) in [5.74, 6) is 0.208. The number of morpholine rings is 1. The van der Waals surface area contributed by atoms with Crippen LogP contribution in [0, 0.1) is 0 Å². The van der Waals surface area contributed by atoms with Crippen LogP contribution in [0.25, 0.3) is 0 Å². The molecule has 0 radical (unpaired) electrons. The maximum absolute atomic E-state index is 12.9. The van der Waals surface area contributed by atoms with Crippen LogP contribution in [0.3, 0.4) is 0 Å². The van der Waals surface area contributed by atoms with Crippen LogP contribution in [0.4, 0.5) is 0 Å². The van der Waals surface area contributed by atoms with Crippen LogP contribution >= 0.6 is 0 Å². The fourth-order valence-electron chi connectivity index (χ4n) is 3.19. The summed E-state index contributed by atoms with van der Waals surface area (Å²) in [5.41, 5.74) is 1.12. The summed E-state index contributed by atoms with van der Waals surface area (Å²) in [7, 11) is -2.06. The van der Waals surface area contributed by atoms with Crippen LogP contribution in [0.5, 0.6) is 5.75 Å². The van der Waals surface area contributed by atoms with Crippen LogP contribution < -0.4 is 4.74 Å². The number of nitrogens with zero attached hydrogens (tertiary/aromatic N) is 1. The van der Waals surface area contributed by atoms with Crippen LogP contribution in [-0.2, 0) is 26.1 Å². The lowest BCUT2D eigenvalue weighted by Crippen LogP contribution is -2.48. The molecule has 0 aliphatic carbocycles. The van der Waals surface area contributed by atoms with Crippen molar-refractivity contribution in [1.29, 1.82) is 0 Å². The summed E-state index contributed by atoms with van der Waals surface area (Å²) in [4.78, 5) is 12.4. The summed E-state index contributed by atoms with van der Waals surface area (Å²) >= 11 is 0. The molecule has 0 bridgehead atoms. The molecule has 0 N–H and O–H groups in total. The van der Waals surface area contributed by atoms with Crippen molar-refractivity contribution in [1.82, 2.24) is 4.31 Å². The number of esters is 1. The van der Waals surface area contributed by atoms with Gasteiger partial charge in [-0.05, 0) is 55.8 Å². The molecule has 1 aliphatic rings. The minimum absolute atomic E-state index is 0.117. The van der Waals surface area contributed by atoms with Gasteiger partial charge in [0.1, 0.15) is 12.4 Å². The number of hydrogen-bond acceptors (Lipinski definition) is 6. The molecule has 2 aromatic rings. The number of carbonyl (C=O) groups excluding carboxylic acids is 1. The highest BCUT2D eigenvalue weighted by molar-refractivity contribution is 7.89. The van der Waals surface area contributed by atoms with Crippen molar-refractivity contribution in [3.8, 4) is 5.75 Å². The smallest absolute Gasteiger partial charge is 0.338 e. The van der Waals surface area contributed by atoms with Gasteiger partial charge in [0.2, 0.25) is 10.0 Å². The molecule has 29 heavy (non-hydrogen) atoms. The first-order valence-corrected chi connectivity index (χ1v) is 10.8. The highest BCUT2D eigenvalue weighted by atomic mass is 32.2. The van der Waals surface area contributed by atoms with E-state index in [2.05, 4.69) is 0 Å². The van der Waals surface area contributed by atoms with Gasteiger partial charge in [-0.25, -0.2) is 13.2 Å². The Morgan fingerprint density at radius 2 is 1.62 bits per heavy atom. The van der Waals surface area contributed by atoms with Crippen molar-refractivity contribution in [3.05, 3.63) is 59.7 Å². The average Bonchev–Trinajstić information content (AvgIpc) is 2.71. The number of carbonyl (C=O) groups is 1. The molecule has 0 unspecified atom stereocenters. The Morgan fingerprint density at radius 3 is 2.17 bits per heavy atom. The molecule has 3 rings (SSSR count). The second-order valence-corrected chi connectivity index (χ2v) is 8.97. The predicted molar refractivity (Wildman–Crippen MR) is 107 cm³/mol. The Morgan fingerprint density at radius 1 is 1.03 bits per heavy atom. The second-order valence-electron chi connectivity index (χ2n) is 7.03. The van der Waals surface area contributed by atoms with E-state index < -0.39 is 16.0 Å². The molecular weight excluding hydrogens is 394 g/mol. The molecule has 0 amide bonds. The molecule has 1 fully saturated rings. The lowest BCUT2D eigenvalue weighted by Gasteiger charge is -2.34. The van der Waals surface area contributed by atoms with E-state index in [0.29, 0.717) is 18.7 Å². The molecule has 2 aromatic carbocycles. The third-order valence-electron chi connectivity index (χ3n) is 4.64. The molecule has 2 atom stereocenters. The highest BCUT2D eigenvalue weighted by Gasteiger charge is 2.32. The first-order valence-electron chi connectivity index (χ1n) is 9.35. The van der Waals surface area contributed by atoms with E-state index in [9.17, 15) is 13.2 Å². The van der Waals surface area contributed by atoms with E-state index in [1.807, 2.05) is 26.0 Å². The quantitative estimate of drug-likeness (QED) is 0.670. The lowest BCUT2D eigenvalue weighted by atomic mass is 10.2. The molecule has 156 valence electrons.